The maximum Gasteiger partial charge on any atom is 0.255 e. The molecule has 1 amide bonds. The van der Waals surface area contributed by atoms with Crippen molar-refractivity contribution in [2.45, 2.75) is 38.5 Å². The number of methoxy groups -OCH3 is 1. The Bertz CT molecular complexity index is 1350. The number of amides is 1. The quantitative estimate of drug-likeness (QED) is 0.547. The Hall–Kier alpha value is -4.13. The topological polar surface area (TPSA) is 93.5 Å². The lowest BCUT2D eigenvalue weighted by atomic mass is 9.72. The number of anilines is 1. The standard InChI is InChI=1S/C28H27N3O4/c1-16-7-4-11-24(29-16)31-28(33)25-17(2)30-21-14-19(23-10-6-12-35-23)15-22(32)27(21)26(25)18-8-5-9-20(13-18)34-3/h4-13,19,26,30H,14-15H2,1-3H3,(H,29,31,33)/t19-,26-/m1/s1. The molecule has 3 heterocycles. The van der Waals surface area contributed by atoms with Crippen molar-refractivity contribution in [3.63, 3.8) is 0 Å². The highest BCUT2D eigenvalue weighted by Gasteiger charge is 2.41. The Kier molecular flexibility index (Phi) is 5.99. The average molecular weight is 470 g/mol. The molecule has 35 heavy (non-hydrogen) atoms. The van der Waals surface area contributed by atoms with E-state index in [1.165, 1.54) is 0 Å². The molecule has 2 N–H and O–H groups in total. The highest BCUT2D eigenvalue weighted by Crippen LogP contribution is 2.46. The summed E-state index contributed by atoms with van der Waals surface area (Å²) in [5.74, 6) is 1.05. The molecule has 2 aromatic heterocycles. The van der Waals surface area contributed by atoms with E-state index in [4.69, 9.17) is 9.15 Å². The summed E-state index contributed by atoms with van der Waals surface area (Å²) in [7, 11) is 1.60. The van der Waals surface area contributed by atoms with Crippen molar-refractivity contribution in [3.8, 4) is 5.75 Å². The Labute approximate surface area is 203 Å². The number of ketones is 1. The van der Waals surface area contributed by atoms with Crippen LogP contribution in [0.25, 0.3) is 0 Å². The van der Waals surface area contributed by atoms with E-state index in [0.717, 1.165) is 22.7 Å². The Morgan fingerprint density at radius 3 is 2.69 bits per heavy atom. The van der Waals surface area contributed by atoms with Crippen molar-refractivity contribution in [1.29, 1.82) is 0 Å². The summed E-state index contributed by atoms with van der Waals surface area (Å²) in [5, 5.41) is 6.31. The second kappa shape index (κ2) is 9.25. The van der Waals surface area contributed by atoms with E-state index in [1.807, 2.05) is 62.4 Å². The van der Waals surface area contributed by atoms with Gasteiger partial charge in [0.05, 0.1) is 13.4 Å². The molecule has 1 aromatic carbocycles. The van der Waals surface area contributed by atoms with E-state index >= 15 is 0 Å². The van der Waals surface area contributed by atoms with Crippen LogP contribution in [-0.2, 0) is 9.59 Å². The van der Waals surface area contributed by atoms with E-state index in [0.29, 0.717) is 41.3 Å². The number of aryl methyl sites for hydroxylation is 1. The monoisotopic (exact) mass is 469 g/mol. The molecule has 5 rings (SSSR count). The number of allylic oxidation sites excluding steroid dienone is 3. The fourth-order valence-corrected chi connectivity index (χ4v) is 5.02. The first-order chi connectivity index (χ1) is 16.9. The number of nitrogens with zero attached hydrogens (tertiary/aromatic N) is 1. The van der Waals surface area contributed by atoms with Crippen molar-refractivity contribution >= 4 is 17.5 Å². The molecule has 1 aliphatic carbocycles. The Balaban J connectivity index is 1.58. The first-order valence-corrected chi connectivity index (χ1v) is 11.6. The highest BCUT2D eigenvalue weighted by molar-refractivity contribution is 6.09. The van der Waals surface area contributed by atoms with Crippen LogP contribution >= 0.6 is 0 Å². The minimum absolute atomic E-state index is 0.000509. The maximum absolute atomic E-state index is 13.6. The molecule has 0 radical (unpaired) electrons. The minimum Gasteiger partial charge on any atom is -0.497 e. The summed E-state index contributed by atoms with van der Waals surface area (Å²) in [5.41, 5.74) is 4.27. The number of carbonyl (C=O) groups is 2. The van der Waals surface area contributed by atoms with Crippen LogP contribution in [0.15, 0.2) is 87.8 Å². The molecule has 0 bridgehead atoms. The number of dihydropyridines is 1. The van der Waals surface area contributed by atoms with Crippen LogP contribution in [0.5, 0.6) is 5.75 Å². The zero-order valence-electron chi connectivity index (χ0n) is 19.9. The lowest BCUT2D eigenvalue weighted by Gasteiger charge is -2.36. The third-order valence-electron chi connectivity index (χ3n) is 6.57. The summed E-state index contributed by atoms with van der Waals surface area (Å²) in [6, 6.07) is 16.8. The number of furan rings is 1. The third-order valence-corrected chi connectivity index (χ3v) is 6.57. The summed E-state index contributed by atoms with van der Waals surface area (Å²) in [6.45, 7) is 3.74. The minimum atomic E-state index is -0.531. The second-order valence-corrected chi connectivity index (χ2v) is 8.93. The van der Waals surface area contributed by atoms with Gasteiger partial charge >= 0.3 is 0 Å². The molecule has 7 heteroatoms. The molecular formula is C28H27N3O4. The van der Waals surface area contributed by atoms with Gasteiger partial charge in [-0.2, -0.15) is 0 Å². The number of hydrogen-bond donors (Lipinski definition) is 2. The van der Waals surface area contributed by atoms with Crippen LogP contribution in [0.3, 0.4) is 0 Å². The summed E-state index contributed by atoms with van der Waals surface area (Å²) in [6.07, 6.45) is 2.58. The molecule has 2 aliphatic rings. The number of aromatic nitrogens is 1. The van der Waals surface area contributed by atoms with Crippen LogP contribution in [-0.4, -0.2) is 23.8 Å². The zero-order chi connectivity index (χ0) is 24.5. The van der Waals surface area contributed by atoms with Gasteiger partial charge in [-0.1, -0.05) is 18.2 Å². The van der Waals surface area contributed by atoms with Crippen molar-refractivity contribution in [2.75, 3.05) is 12.4 Å². The fourth-order valence-electron chi connectivity index (χ4n) is 5.02. The Morgan fingerprint density at radius 2 is 1.94 bits per heavy atom. The molecular weight excluding hydrogens is 442 g/mol. The summed E-state index contributed by atoms with van der Waals surface area (Å²) in [4.78, 5) is 31.7. The van der Waals surface area contributed by atoms with E-state index in [-0.39, 0.29) is 17.6 Å². The molecule has 3 aromatic rings. The van der Waals surface area contributed by atoms with E-state index in [1.54, 1.807) is 19.4 Å². The normalized spacial score (nSPS) is 19.8. The van der Waals surface area contributed by atoms with Crippen LogP contribution in [0, 0.1) is 6.92 Å². The number of Topliss-reactive ketones (excluding diaryl/α,β-unsaturated/α-hetero) is 1. The lowest BCUT2D eigenvalue weighted by Crippen LogP contribution is -2.37. The number of nitrogens with one attached hydrogen (secondary N) is 2. The molecule has 2 atom stereocenters. The highest BCUT2D eigenvalue weighted by atomic mass is 16.5. The van der Waals surface area contributed by atoms with Gasteiger partial charge in [0.1, 0.15) is 17.3 Å². The molecule has 1 aliphatic heterocycles. The molecule has 0 fully saturated rings. The van der Waals surface area contributed by atoms with Crippen molar-refractivity contribution < 1.29 is 18.7 Å². The molecule has 0 unspecified atom stereocenters. The van der Waals surface area contributed by atoms with Crippen molar-refractivity contribution in [2.24, 2.45) is 0 Å². The molecule has 0 spiro atoms. The van der Waals surface area contributed by atoms with Gasteiger partial charge in [-0.25, -0.2) is 4.98 Å². The zero-order valence-corrected chi connectivity index (χ0v) is 19.9. The van der Waals surface area contributed by atoms with Crippen LogP contribution in [0.2, 0.25) is 0 Å². The second-order valence-electron chi connectivity index (χ2n) is 8.93. The number of ether oxygens (including phenoxy) is 1. The van der Waals surface area contributed by atoms with E-state index in [9.17, 15) is 9.59 Å². The smallest absolute Gasteiger partial charge is 0.255 e. The van der Waals surface area contributed by atoms with Crippen LogP contribution in [0.1, 0.15) is 48.6 Å². The number of rotatable bonds is 5. The third kappa shape index (κ3) is 4.37. The van der Waals surface area contributed by atoms with Crippen LogP contribution in [0.4, 0.5) is 5.82 Å². The molecule has 0 saturated heterocycles. The van der Waals surface area contributed by atoms with Gasteiger partial charge in [-0.15, -0.1) is 0 Å². The largest absolute Gasteiger partial charge is 0.497 e. The first kappa shape index (κ1) is 22.7. The van der Waals surface area contributed by atoms with Crippen molar-refractivity contribution in [1.82, 2.24) is 10.3 Å². The summed E-state index contributed by atoms with van der Waals surface area (Å²) >= 11 is 0. The predicted octanol–water partition coefficient (Wildman–Crippen LogP) is 4.99. The van der Waals surface area contributed by atoms with Crippen LogP contribution < -0.4 is 15.4 Å². The number of pyridine rings is 1. The van der Waals surface area contributed by atoms with Gasteiger partial charge in [0.2, 0.25) is 0 Å². The number of carbonyl (C=O) groups excluding carboxylic acids is 2. The first-order valence-electron chi connectivity index (χ1n) is 11.6. The van der Waals surface area contributed by atoms with E-state index < -0.39 is 5.92 Å². The number of benzene rings is 1. The van der Waals surface area contributed by atoms with Crippen molar-refractivity contribution in [3.05, 3.63) is 100 Å². The van der Waals surface area contributed by atoms with Gasteiger partial charge in [-0.3, -0.25) is 9.59 Å². The Morgan fingerprint density at radius 1 is 1.11 bits per heavy atom. The average Bonchev–Trinajstić information content (AvgIpc) is 3.38. The SMILES string of the molecule is COc1cccc([C@@H]2C(C(=O)Nc3cccc(C)n3)=C(C)NC3=C2C(=O)C[C@H](c2ccco2)C3)c1. The predicted molar refractivity (Wildman–Crippen MR) is 132 cm³/mol. The summed E-state index contributed by atoms with van der Waals surface area (Å²) < 4.78 is 11.1. The van der Waals surface area contributed by atoms with Gasteiger partial charge in [0, 0.05) is 46.5 Å². The maximum atomic E-state index is 13.6. The van der Waals surface area contributed by atoms with Gasteiger partial charge in [-0.05, 0) is 62.2 Å². The van der Waals surface area contributed by atoms with Gasteiger partial charge < -0.3 is 19.8 Å². The van der Waals surface area contributed by atoms with Gasteiger partial charge in [0.25, 0.3) is 5.91 Å². The molecule has 7 nitrogen and oxygen atoms in total. The van der Waals surface area contributed by atoms with Gasteiger partial charge in [0.15, 0.2) is 5.78 Å². The molecule has 178 valence electrons. The lowest BCUT2D eigenvalue weighted by molar-refractivity contribution is -0.116. The molecule has 0 saturated carbocycles. The van der Waals surface area contributed by atoms with E-state index in [2.05, 4.69) is 15.6 Å². The number of hydrogen-bond acceptors (Lipinski definition) is 6. The fraction of sp³-hybridized carbons (Fsp3) is 0.250.